The number of carbonyl (C=O) groups excluding carboxylic acids is 2. The van der Waals surface area contributed by atoms with E-state index in [1.165, 1.54) is 6.42 Å². The molecule has 5 rings (SSSR count). The molecule has 4 atom stereocenters. The molecule has 3 heterocycles. The van der Waals surface area contributed by atoms with Crippen molar-refractivity contribution in [3.8, 4) is 0 Å². The summed E-state index contributed by atoms with van der Waals surface area (Å²) in [5.74, 6) is 0.776. The first kappa shape index (κ1) is 21.8. The molecule has 0 saturated heterocycles. The highest BCUT2D eigenvalue weighted by Crippen LogP contribution is 2.35. The normalized spacial score (nSPS) is 27.6. The quantitative estimate of drug-likeness (QED) is 0.619. The molecular weight excluding hydrogens is 414 g/mol. The zero-order valence-electron chi connectivity index (χ0n) is 19.9. The van der Waals surface area contributed by atoms with E-state index in [1.807, 2.05) is 48.7 Å². The number of rotatable bonds is 4. The average Bonchev–Trinajstić information content (AvgIpc) is 3.38. The van der Waals surface area contributed by atoms with Crippen LogP contribution in [-0.4, -0.2) is 32.9 Å². The molecule has 2 amide bonds. The predicted molar refractivity (Wildman–Crippen MR) is 128 cm³/mol. The van der Waals surface area contributed by atoms with Gasteiger partial charge in [0.25, 0.3) is 5.91 Å². The largest absolute Gasteiger partial charge is 0.463 e. The van der Waals surface area contributed by atoms with E-state index in [2.05, 4.69) is 19.2 Å². The number of nitrogens with one attached hydrogen (secondary N) is 1. The van der Waals surface area contributed by atoms with E-state index in [9.17, 15) is 9.59 Å². The van der Waals surface area contributed by atoms with Crippen molar-refractivity contribution < 1.29 is 14.0 Å². The molecule has 0 spiro atoms. The summed E-state index contributed by atoms with van der Waals surface area (Å²) in [4.78, 5) is 29.5. The van der Waals surface area contributed by atoms with Crippen LogP contribution in [0.4, 0.5) is 0 Å². The van der Waals surface area contributed by atoms with E-state index in [4.69, 9.17) is 4.42 Å². The van der Waals surface area contributed by atoms with Crippen LogP contribution in [0.2, 0.25) is 0 Å². The number of carbonyl (C=O) groups is 2. The summed E-state index contributed by atoms with van der Waals surface area (Å²) in [6, 6.07) is 11.8. The van der Waals surface area contributed by atoms with Crippen molar-refractivity contribution in [1.29, 1.82) is 0 Å². The molecule has 1 aliphatic heterocycles. The predicted octanol–water partition coefficient (Wildman–Crippen LogP) is 4.90. The maximum Gasteiger partial charge on any atom is 0.271 e. The summed E-state index contributed by atoms with van der Waals surface area (Å²) in [7, 11) is 0. The van der Waals surface area contributed by atoms with Gasteiger partial charge in [0.15, 0.2) is 5.58 Å². The zero-order chi connectivity index (χ0) is 23.3. The van der Waals surface area contributed by atoms with Crippen molar-refractivity contribution in [3.63, 3.8) is 0 Å². The van der Waals surface area contributed by atoms with Gasteiger partial charge in [0.2, 0.25) is 5.91 Å². The van der Waals surface area contributed by atoms with Gasteiger partial charge in [0.1, 0.15) is 11.2 Å². The molecule has 1 saturated carbocycles. The van der Waals surface area contributed by atoms with E-state index in [0.717, 1.165) is 29.5 Å². The van der Waals surface area contributed by atoms with Gasteiger partial charge in [0, 0.05) is 24.7 Å². The van der Waals surface area contributed by atoms with Crippen LogP contribution in [-0.2, 0) is 17.9 Å². The number of benzene rings is 1. The Morgan fingerprint density at radius 2 is 2.00 bits per heavy atom. The summed E-state index contributed by atoms with van der Waals surface area (Å²) >= 11 is 0. The summed E-state index contributed by atoms with van der Waals surface area (Å²) < 4.78 is 7.52. The first-order chi connectivity index (χ1) is 15.8. The lowest BCUT2D eigenvalue weighted by Crippen LogP contribution is -2.65. The SMILES string of the molecule is Cc1ccccc1CN1C(=O)c2cc3occc3n2C[C@]1(C)C(=O)N[C@@H]1CCC[C@@H](C)[C@H]1C. The summed E-state index contributed by atoms with van der Waals surface area (Å²) in [5.41, 5.74) is 3.24. The molecular formula is C27H33N3O3. The van der Waals surface area contributed by atoms with Crippen LogP contribution >= 0.6 is 0 Å². The van der Waals surface area contributed by atoms with Crippen LogP contribution in [0.15, 0.2) is 47.1 Å². The summed E-state index contributed by atoms with van der Waals surface area (Å²) in [5, 5.41) is 3.36. The number of aryl methyl sites for hydroxylation is 1. The van der Waals surface area contributed by atoms with Crippen molar-refractivity contribution in [3.05, 3.63) is 59.5 Å². The molecule has 6 nitrogen and oxygen atoms in total. The highest BCUT2D eigenvalue weighted by atomic mass is 16.3. The second-order valence-electron chi connectivity index (χ2n) is 10.2. The fourth-order valence-corrected chi connectivity index (χ4v) is 5.59. The Bertz CT molecular complexity index is 1210. The van der Waals surface area contributed by atoms with Crippen molar-refractivity contribution in [1.82, 2.24) is 14.8 Å². The van der Waals surface area contributed by atoms with Crippen LogP contribution < -0.4 is 5.32 Å². The fourth-order valence-electron chi connectivity index (χ4n) is 5.59. The van der Waals surface area contributed by atoms with E-state index in [1.54, 1.807) is 17.2 Å². The van der Waals surface area contributed by atoms with Gasteiger partial charge < -0.3 is 19.2 Å². The minimum absolute atomic E-state index is 0.0774. The van der Waals surface area contributed by atoms with Crippen molar-refractivity contribution in [2.24, 2.45) is 11.8 Å². The molecule has 3 aromatic rings. The van der Waals surface area contributed by atoms with Crippen LogP contribution in [0.1, 0.15) is 61.6 Å². The Kier molecular flexibility index (Phi) is 5.34. The number of nitrogens with zero attached hydrogens (tertiary/aromatic N) is 2. The summed E-state index contributed by atoms with van der Waals surface area (Å²) in [6.45, 7) is 9.23. The number of furan rings is 1. The van der Waals surface area contributed by atoms with Gasteiger partial charge in [-0.2, -0.15) is 0 Å². The van der Waals surface area contributed by atoms with Crippen LogP contribution in [0.3, 0.4) is 0 Å². The Morgan fingerprint density at radius 1 is 1.21 bits per heavy atom. The van der Waals surface area contributed by atoms with Crippen molar-refractivity contribution in [2.45, 2.75) is 71.6 Å². The van der Waals surface area contributed by atoms with Gasteiger partial charge in [-0.05, 0) is 43.2 Å². The number of hydrogen-bond acceptors (Lipinski definition) is 3. The highest BCUT2D eigenvalue weighted by molar-refractivity contribution is 6.02. The second-order valence-corrected chi connectivity index (χ2v) is 10.2. The van der Waals surface area contributed by atoms with E-state index < -0.39 is 5.54 Å². The van der Waals surface area contributed by atoms with Gasteiger partial charge in [-0.1, -0.05) is 51.0 Å². The number of hydrogen-bond donors (Lipinski definition) is 1. The van der Waals surface area contributed by atoms with Crippen LogP contribution in [0, 0.1) is 18.8 Å². The third kappa shape index (κ3) is 3.56. The molecule has 1 fully saturated rings. The standard InChI is InChI=1S/C27H33N3O3/c1-17-9-7-11-21(19(17)3)28-26(32)27(4)16-29-22-12-13-33-24(22)14-23(29)25(31)30(27)15-20-10-6-5-8-18(20)2/h5-6,8,10,12-14,17,19,21H,7,9,11,15-16H2,1-4H3,(H,28,32)/t17-,19-,21-,27-/m1/s1. The van der Waals surface area contributed by atoms with Gasteiger partial charge in [-0.15, -0.1) is 0 Å². The lowest BCUT2D eigenvalue weighted by molar-refractivity contribution is -0.134. The molecule has 6 heteroatoms. The Morgan fingerprint density at radius 3 is 2.79 bits per heavy atom. The molecule has 0 bridgehead atoms. The smallest absolute Gasteiger partial charge is 0.271 e. The third-order valence-corrected chi connectivity index (χ3v) is 8.15. The molecule has 2 aliphatic rings. The van der Waals surface area contributed by atoms with Crippen LogP contribution in [0.25, 0.3) is 11.1 Å². The minimum atomic E-state index is -1.02. The van der Waals surface area contributed by atoms with Crippen molar-refractivity contribution >= 4 is 22.9 Å². The highest BCUT2D eigenvalue weighted by Gasteiger charge is 2.49. The molecule has 2 aromatic heterocycles. The lowest BCUT2D eigenvalue weighted by atomic mass is 9.77. The lowest BCUT2D eigenvalue weighted by Gasteiger charge is -2.45. The molecule has 33 heavy (non-hydrogen) atoms. The van der Waals surface area contributed by atoms with E-state index >= 15 is 0 Å². The second kappa shape index (κ2) is 8.08. The average molecular weight is 448 g/mol. The van der Waals surface area contributed by atoms with Gasteiger partial charge >= 0.3 is 0 Å². The zero-order valence-corrected chi connectivity index (χ0v) is 19.9. The topological polar surface area (TPSA) is 67.5 Å². The van der Waals surface area contributed by atoms with Crippen LogP contribution in [0.5, 0.6) is 0 Å². The van der Waals surface area contributed by atoms with Gasteiger partial charge in [-0.25, -0.2) is 0 Å². The van der Waals surface area contributed by atoms with Crippen molar-refractivity contribution in [2.75, 3.05) is 0 Å². The molecule has 174 valence electrons. The monoisotopic (exact) mass is 447 g/mol. The number of fused-ring (bicyclic) bond motifs is 3. The third-order valence-electron chi connectivity index (χ3n) is 8.15. The molecule has 0 unspecified atom stereocenters. The molecule has 1 aromatic carbocycles. The molecule has 0 radical (unpaired) electrons. The summed E-state index contributed by atoms with van der Waals surface area (Å²) in [6.07, 6.45) is 4.94. The Hall–Kier alpha value is -3.02. The van der Waals surface area contributed by atoms with E-state index in [-0.39, 0.29) is 17.9 Å². The molecule has 1 N–H and O–H groups in total. The number of aromatic nitrogens is 1. The Labute approximate surface area is 194 Å². The first-order valence-corrected chi connectivity index (χ1v) is 12.0. The minimum Gasteiger partial charge on any atom is -0.463 e. The van der Waals surface area contributed by atoms with E-state index in [0.29, 0.717) is 36.2 Å². The maximum atomic E-state index is 13.9. The maximum absolute atomic E-state index is 13.9. The molecule has 1 aliphatic carbocycles. The Balaban J connectivity index is 1.54. The first-order valence-electron chi connectivity index (χ1n) is 12.0. The van der Waals surface area contributed by atoms with Gasteiger partial charge in [-0.3, -0.25) is 9.59 Å². The fraction of sp³-hybridized carbons (Fsp3) is 0.481. The van der Waals surface area contributed by atoms with Gasteiger partial charge in [0.05, 0.1) is 18.3 Å². The number of amides is 2.